The molecule has 0 aliphatic carbocycles. The zero-order chi connectivity index (χ0) is 10.8. The van der Waals surface area contributed by atoms with Gasteiger partial charge in [0.25, 0.3) is 0 Å². The molecular formula is C12H17FSi. The highest BCUT2D eigenvalue weighted by molar-refractivity contribution is 6.77. The van der Waals surface area contributed by atoms with Crippen LogP contribution in [0.15, 0.2) is 30.8 Å². The van der Waals surface area contributed by atoms with E-state index in [2.05, 4.69) is 26.2 Å². The lowest BCUT2D eigenvalue weighted by Gasteiger charge is -2.17. The van der Waals surface area contributed by atoms with E-state index in [-0.39, 0.29) is 5.82 Å². The molecule has 1 rings (SSSR count). The van der Waals surface area contributed by atoms with Gasteiger partial charge in [0.1, 0.15) is 5.82 Å². The molecule has 0 aromatic heterocycles. The third-order valence-corrected chi connectivity index (χ3v) is 3.46. The quantitative estimate of drug-likeness (QED) is 0.654. The van der Waals surface area contributed by atoms with Gasteiger partial charge in [0.05, 0.1) is 0 Å². The molecule has 0 spiro atoms. The number of halogens is 1. The first kappa shape index (κ1) is 11.2. The van der Waals surface area contributed by atoms with Gasteiger partial charge in [-0.3, -0.25) is 0 Å². The van der Waals surface area contributed by atoms with E-state index in [0.717, 1.165) is 17.2 Å². The molecule has 0 aliphatic heterocycles. The predicted octanol–water partition coefficient (Wildman–Crippen LogP) is 4.18. The Morgan fingerprint density at radius 1 is 1.36 bits per heavy atom. The van der Waals surface area contributed by atoms with Gasteiger partial charge in [-0.15, -0.1) is 0 Å². The number of benzene rings is 1. The standard InChI is InChI=1S/C12H17FSi/c1-10(9-14(2,3)4)11-6-5-7-12(13)8-11/h5-8H,1,9H2,2-4H3. The fraction of sp³-hybridized carbons (Fsp3) is 0.333. The summed E-state index contributed by atoms with van der Waals surface area (Å²) in [5.41, 5.74) is 2.00. The molecule has 0 N–H and O–H groups in total. The normalized spacial score (nSPS) is 11.4. The van der Waals surface area contributed by atoms with Crippen LogP contribution in [0.4, 0.5) is 4.39 Å². The first-order chi connectivity index (χ1) is 6.38. The van der Waals surface area contributed by atoms with Gasteiger partial charge < -0.3 is 0 Å². The van der Waals surface area contributed by atoms with Crippen molar-refractivity contribution >= 4 is 13.6 Å². The third-order valence-electron chi connectivity index (χ3n) is 1.98. The van der Waals surface area contributed by atoms with E-state index >= 15 is 0 Å². The maximum atomic E-state index is 12.9. The Balaban J connectivity index is 2.80. The van der Waals surface area contributed by atoms with Crippen molar-refractivity contribution in [2.45, 2.75) is 25.7 Å². The number of hydrogen-bond acceptors (Lipinski definition) is 0. The van der Waals surface area contributed by atoms with Crippen LogP contribution < -0.4 is 0 Å². The molecule has 1 aromatic rings. The van der Waals surface area contributed by atoms with Crippen molar-refractivity contribution in [1.82, 2.24) is 0 Å². The summed E-state index contributed by atoms with van der Waals surface area (Å²) in [6.45, 7) is 10.9. The minimum absolute atomic E-state index is 0.181. The Kier molecular flexibility index (Phi) is 3.27. The van der Waals surface area contributed by atoms with Crippen LogP contribution in [0, 0.1) is 5.82 Å². The average Bonchev–Trinajstić information content (AvgIpc) is 2.01. The van der Waals surface area contributed by atoms with E-state index in [0.29, 0.717) is 0 Å². The molecule has 14 heavy (non-hydrogen) atoms. The molecule has 0 aliphatic rings. The van der Waals surface area contributed by atoms with E-state index in [1.54, 1.807) is 12.1 Å². The summed E-state index contributed by atoms with van der Waals surface area (Å²) >= 11 is 0. The van der Waals surface area contributed by atoms with Gasteiger partial charge in [-0.25, -0.2) is 4.39 Å². The lowest BCUT2D eigenvalue weighted by atomic mass is 10.1. The molecule has 0 unspecified atom stereocenters. The van der Waals surface area contributed by atoms with E-state index in [1.807, 2.05) is 6.07 Å². The van der Waals surface area contributed by atoms with Gasteiger partial charge in [0.2, 0.25) is 0 Å². The second-order valence-electron chi connectivity index (χ2n) is 4.85. The van der Waals surface area contributed by atoms with E-state index in [9.17, 15) is 4.39 Å². The van der Waals surface area contributed by atoms with Crippen molar-refractivity contribution in [2.24, 2.45) is 0 Å². The fourth-order valence-corrected chi connectivity index (χ4v) is 2.94. The fourth-order valence-electron chi connectivity index (χ4n) is 1.45. The summed E-state index contributed by atoms with van der Waals surface area (Å²) in [5.74, 6) is -0.181. The van der Waals surface area contributed by atoms with Gasteiger partial charge in [-0.05, 0) is 23.7 Å². The third kappa shape index (κ3) is 3.46. The van der Waals surface area contributed by atoms with Gasteiger partial charge in [-0.2, -0.15) is 0 Å². The first-order valence-electron chi connectivity index (χ1n) is 4.82. The highest BCUT2D eigenvalue weighted by Crippen LogP contribution is 2.23. The van der Waals surface area contributed by atoms with Crippen LogP contribution in [0.25, 0.3) is 5.57 Å². The van der Waals surface area contributed by atoms with Crippen LogP contribution >= 0.6 is 0 Å². The van der Waals surface area contributed by atoms with Crippen LogP contribution in [0.5, 0.6) is 0 Å². The molecule has 0 heterocycles. The molecule has 0 amide bonds. The van der Waals surface area contributed by atoms with E-state index < -0.39 is 8.07 Å². The molecule has 0 saturated heterocycles. The molecule has 0 radical (unpaired) electrons. The Morgan fingerprint density at radius 3 is 2.50 bits per heavy atom. The van der Waals surface area contributed by atoms with Crippen LogP contribution in [-0.2, 0) is 0 Å². The maximum absolute atomic E-state index is 12.9. The Labute approximate surface area is 86.5 Å². The van der Waals surface area contributed by atoms with Gasteiger partial charge in [-0.1, -0.05) is 43.9 Å². The molecule has 0 saturated carbocycles. The summed E-state index contributed by atoms with van der Waals surface area (Å²) in [6.07, 6.45) is 0. The van der Waals surface area contributed by atoms with Gasteiger partial charge >= 0.3 is 0 Å². The molecule has 1 aromatic carbocycles. The first-order valence-corrected chi connectivity index (χ1v) is 8.53. The molecule has 76 valence electrons. The lowest BCUT2D eigenvalue weighted by molar-refractivity contribution is 0.627. The molecule has 2 heteroatoms. The Hall–Kier alpha value is -0.893. The smallest absolute Gasteiger partial charge is 0.123 e. The minimum Gasteiger partial charge on any atom is -0.207 e. The highest BCUT2D eigenvalue weighted by Gasteiger charge is 2.15. The Bertz CT molecular complexity index is 336. The summed E-state index contributed by atoms with van der Waals surface area (Å²) in [7, 11) is -1.14. The number of rotatable bonds is 3. The largest absolute Gasteiger partial charge is 0.207 e. The van der Waals surface area contributed by atoms with Crippen molar-refractivity contribution in [2.75, 3.05) is 0 Å². The van der Waals surface area contributed by atoms with E-state index in [1.165, 1.54) is 6.07 Å². The van der Waals surface area contributed by atoms with E-state index in [4.69, 9.17) is 0 Å². The lowest BCUT2D eigenvalue weighted by Crippen LogP contribution is -2.19. The minimum atomic E-state index is -1.14. The number of hydrogen-bond donors (Lipinski definition) is 0. The zero-order valence-corrected chi connectivity index (χ0v) is 10.1. The second-order valence-corrected chi connectivity index (χ2v) is 10.3. The van der Waals surface area contributed by atoms with Crippen molar-refractivity contribution in [1.29, 1.82) is 0 Å². The summed E-state index contributed by atoms with van der Waals surface area (Å²) in [5, 5.41) is 0. The van der Waals surface area contributed by atoms with Gasteiger partial charge in [0, 0.05) is 8.07 Å². The second kappa shape index (κ2) is 4.09. The topological polar surface area (TPSA) is 0 Å². The molecule has 0 atom stereocenters. The zero-order valence-electron chi connectivity index (χ0n) is 9.10. The molecular weight excluding hydrogens is 191 g/mol. The Morgan fingerprint density at radius 2 is 2.00 bits per heavy atom. The molecule has 0 bridgehead atoms. The maximum Gasteiger partial charge on any atom is 0.123 e. The highest BCUT2D eigenvalue weighted by atomic mass is 28.3. The summed E-state index contributed by atoms with van der Waals surface area (Å²) < 4.78 is 12.9. The molecule has 0 nitrogen and oxygen atoms in total. The predicted molar refractivity (Wildman–Crippen MR) is 63.6 cm³/mol. The van der Waals surface area contributed by atoms with Crippen molar-refractivity contribution in [3.05, 3.63) is 42.2 Å². The van der Waals surface area contributed by atoms with Crippen LogP contribution in [0.3, 0.4) is 0 Å². The average molecular weight is 208 g/mol. The summed E-state index contributed by atoms with van der Waals surface area (Å²) in [4.78, 5) is 0. The van der Waals surface area contributed by atoms with Crippen molar-refractivity contribution in [3.63, 3.8) is 0 Å². The summed E-state index contributed by atoms with van der Waals surface area (Å²) in [6, 6.07) is 7.70. The van der Waals surface area contributed by atoms with Gasteiger partial charge in [0.15, 0.2) is 0 Å². The van der Waals surface area contributed by atoms with Crippen LogP contribution in [0.2, 0.25) is 25.7 Å². The SMILES string of the molecule is C=C(C[Si](C)(C)C)c1cccc(F)c1. The number of allylic oxidation sites excluding steroid dienone is 1. The monoisotopic (exact) mass is 208 g/mol. The van der Waals surface area contributed by atoms with Crippen molar-refractivity contribution < 1.29 is 4.39 Å². The van der Waals surface area contributed by atoms with Crippen LogP contribution in [0.1, 0.15) is 5.56 Å². The van der Waals surface area contributed by atoms with Crippen LogP contribution in [-0.4, -0.2) is 8.07 Å². The van der Waals surface area contributed by atoms with Crippen molar-refractivity contribution in [3.8, 4) is 0 Å². The molecule has 0 fully saturated rings.